The van der Waals surface area contributed by atoms with Crippen LogP contribution in [-0.4, -0.2) is 25.2 Å². The number of aryl methyl sites for hydroxylation is 1. The number of rotatable bonds is 6. The number of benzene rings is 2. The van der Waals surface area contributed by atoms with Crippen molar-refractivity contribution in [1.29, 1.82) is 0 Å². The molecule has 0 fully saturated rings. The number of hydrogen-bond acceptors (Lipinski definition) is 6. The van der Waals surface area contributed by atoms with Crippen LogP contribution in [0.5, 0.6) is 11.5 Å². The topological polar surface area (TPSA) is 77.0 Å². The van der Waals surface area contributed by atoms with E-state index in [-0.39, 0.29) is 0 Å². The maximum atomic E-state index is 12.2. The number of carbonyl (C=O) groups excluding carboxylic acids is 2. The summed E-state index contributed by atoms with van der Waals surface area (Å²) < 4.78 is 10.7. The number of hydrazone groups is 1. The third-order valence-electron chi connectivity index (χ3n) is 3.86. The zero-order valence-electron chi connectivity index (χ0n) is 15.6. The molecule has 6 nitrogen and oxygen atoms in total. The van der Waals surface area contributed by atoms with Crippen molar-refractivity contribution in [3.63, 3.8) is 0 Å². The molecule has 0 saturated heterocycles. The second-order valence-corrected chi connectivity index (χ2v) is 7.31. The summed E-state index contributed by atoms with van der Waals surface area (Å²) in [6.45, 7) is 1.89. The monoisotopic (exact) mass is 428 g/mol. The molecule has 8 heteroatoms. The van der Waals surface area contributed by atoms with Gasteiger partial charge in [0.15, 0.2) is 11.5 Å². The Morgan fingerprint density at radius 2 is 1.97 bits per heavy atom. The molecule has 2 aromatic carbocycles. The van der Waals surface area contributed by atoms with Crippen molar-refractivity contribution in [2.24, 2.45) is 5.10 Å². The van der Waals surface area contributed by atoms with Gasteiger partial charge in [-0.15, -0.1) is 11.3 Å². The predicted molar refractivity (Wildman–Crippen MR) is 114 cm³/mol. The maximum absolute atomic E-state index is 12.2. The summed E-state index contributed by atoms with van der Waals surface area (Å²) in [5.74, 6) is -0.216. The Morgan fingerprint density at radius 3 is 2.66 bits per heavy atom. The Labute approximate surface area is 176 Å². The normalized spacial score (nSPS) is 10.7. The first-order valence-electron chi connectivity index (χ1n) is 8.51. The van der Waals surface area contributed by atoms with Crippen molar-refractivity contribution in [2.75, 3.05) is 7.11 Å². The van der Waals surface area contributed by atoms with Crippen LogP contribution in [-0.2, 0) is 0 Å². The highest BCUT2D eigenvalue weighted by atomic mass is 35.5. The van der Waals surface area contributed by atoms with Gasteiger partial charge in [0.1, 0.15) is 4.88 Å². The molecule has 0 atom stereocenters. The smallest absolute Gasteiger partial charge is 0.353 e. The molecule has 1 amide bonds. The lowest BCUT2D eigenvalue weighted by molar-refractivity contribution is 0.0734. The van der Waals surface area contributed by atoms with E-state index in [2.05, 4.69) is 10.5 Å². The molecular formula is C21H17ClN2O4S. The highest BCUT2D eigenvalue weighted by molar-refractivity contribution is 7.12. The summed E-state index contributed by atoms with van der Waals surface area (Å²) in [6.07, 6.45) is 1.45. The standard InChI is InChI=1S/C21H17ClN2O4S/c1-13-5-7-15(16(22)10-13)20(25)24-23-12-14-6-8-17(18(11-14)27-2)28-21(26)19-4-3-9-29-19/h3-12H,1-2H3,(H,24,25). The number of amides is 1. The molecule has 0 saturated carbocycles. The SMILES string of the molecule is COc1cc(C=NNC(=O)c2ccc(C)cc2Cl)ccc1OC(=O)c1cccs1. The quantitative estimate of drug-likeness (QED) is 0.267. The third-order valence-corrected chi connectivity index (χ3v) is 5.02. The van der Waals surface area contributed by atoms with Gasteiger partial charge in [0, 0.05) is 0 Å². The molecule has 0 unspecified atom stereocenters. The zero-order valence-corrected chi connectivity index (χ0v) is 17.2. The van der Waals surface area contributed by atoms with Gasteiger partial charge in [-0.25, -0.2) is 10.2 Å². The van der Waals surface area contributed by atoms with Crippen molar-refractivity contribution >= 4 is 41.0 Å². The molecule has 0 aliphatic carbocycles. The van der Waals surface area contributed by atoms with Gasteiger partial charge in [-0.05, 0) is 59.8 Å². The van der Waals surface area contributed by atoms with Gasteiger partial charge >= 0.3 is 5.97 Å². The number of esters is 1. The second kappa shape index (κ2) is 9.36. The fourth-order valence-electron chi connectivity index (χ4n) is 2.42. The first kappa shape index (κ1) is 20.6. The molecule has 1 heterocycles. The van der Waals surface area contributed by atoms with Crippen LogP contribution in [0.4, 0.5) is 0 Å². The first-order valence-corrected chi connectivity index (χ1v) is 9.77. The zero-order chi connectivity index (χ0) is 20.8. The minimum Gasteiger partial charge on any atom is -0.493 e. The molecule has 0 aliphatic heterocycles. The van der Waals surface area contributed by atoms with Crippen LogP contribution in [0.25, 0.3) is 0 Å². The highest BCUT2D eigenvalue weighted by Crippen LogP contribution is 2.29. The van der Waals surface area contributed by atoms with Crippen molar-refractivity contribution in [3.05, 3.63) is 80.5 Å². The average Bonchev–Trinajstić information content (AvgIpc) is 3.23. The summed E-state index contributed by atoms with van der Waals surface area (Å²) >= 11 is 7.38. The van der Waals surface area contributed by atoms with Crippen molar-refractivity contribution in [2.45, 2.75) is 6.92 Å². The molecule has 148 valence electrons. The number of hydrogen-bond donors (Lipinski definition) is 1. The van der Waals surface area contributed by atoms with Crippen LogP contribution in [0.1, 0.15) is 31.2 Å². The number of nitrogens with zero attached hydrogens (tertiary/aromatic N) is 1. The Balaban J connectivity index is 1.68. The largest absolute Gasteiger partial charge is 0.493 e. The number of halogens is 1. The van der Waals surface area contributed by atoms with Crippen LogP contribution in [0.2, 0.25) is 5.02 Å². The molecule has 0 spiro atoms. The molecular weight excluding hydrogens is 412 g/mol. The summed E-state index contributed by atoms with van der Waals surface area (Å²) in [5.41, 5.74) is 4.37. The van der Waals surface area contributed by atoms with E-state index in [1.54, 1.807) is 53.9 Å². The maximum Gasteiger partial charge on any atom is 0.353 e. The van der Waals surface area contributed by atoms with E-state index >= 15 is 0 Å². The molecule has 0 bridgehead atoms. The Hall–Kier alpha value is -3.16. The van der Waals surface area contributed by atoms with E-state index in [1.807, 2.05) is 6.92 Å². The molecule has 1 aromatic heterocycles. The van der Waals surface area contributed by atoms with Gasteiger partial charge in [0.05, 0.1) is 23.9 Å². The fourth-order valence-corrected chi connectivity index (χ4v) is 3.34. The summed E-state index contributed by atoms with van der Waals surface area (Å²) in [4.78, 5) is 24.8. The Morgan fingerprint density at radius 1 is 1.14 bits per heavy atom. The molecule has 0 aliphatic rings. The van der Waals surface area contributed by atoms with Crippen LogP contribution in [0.3, 0.4) is 0 Å². The molecule has 3 aromatic rings. The van der Waals surface area contributed by atoms with Gasteiger partial charge in [-0.1, -0.05) is 23.7 Å². The van der Waals surface area contributed by atoms with Crippen LogP contribution in [0, 0.1) is 6.92 Å². The molecule has 0 radical (unpaired) electrons. The Bertz CT molecular complexity index is 1060. The van der Waals surface area contributed by atoms with E-state index in [9.17, 15) is 9.59 Å². The third kappa shape index (κ3) is 5.22. The van der Waals surface area contributed by atoms with E-state index < -0.39 is 11.9 Å². The van der Waals surface area contributed by atoms with Gasteiger partial charge < -0.3 is 9.47 Å². The van der Waals surface area contributed by atoms with Crippen LogP contribution < -0.4 is 14.9 Å². The minimum absolute atomic E-state index is 0.290. The number of thiophene rings is 1. The molecule has 29 heavy (non-hydrogen) atoms. The first-order chi connectivity index (χ1) is 14.0. The number of nitrogens with one attached hydrogen (secondary N) is 1. The van der Waals surface area contributed by atoms with Crippen LogP contribution in [0.15, 0.2) is 59.0 Å². The van der Waals surface area contributed by atoms with Crippen molar-refractivity contribution in [3.8, 4) is 11.5 Å². The van der Waals surface area contributed by atoms with Gasteiger partial charge in [0.2, 0.25) is 0 Å². The molecule has 1 N–H and O–H groups in total. The lowest BCUT2D eigenvalue weighted by atomic mass is 10.1. The number of carbonyl (C=O) groups is 2. The van der Waals surface area contributed by atoms with Gasteiger partial charge in [-0.3, -0.25) is 4.79 Å². The lowest BCUT2D eigenvalue weighted by Crippen LogP contribution is -2.18. The van der Waals surface area contributed by atoms with Gasteiger partial charge in [0.25, 0.3) is 5.91 Å². The lowest BCUT2D eigenvalue weighted by Gasteiger charge is -2.09. The second-order valence-electron chi connectivity index (χ2n) is 5.96. The Kier molecular flexibility index (Phi) is 6.64. The van der Waals surface area contributed by atoms with Crippen molar-refractivity contribution < 1.29 is 19.1 Å². The number of ether oxygens (including phenoxy) is 2. The average molecular weight is 429 g/mol. The van der Waals surface area contributed by atoms with Crippen LogP contribution >= 0.6 is 22.9 Å². The summed E-state index contributed by atoms with van der Waals surface area (Å²) in [7, 11) is 1.47. The van der Waals surface area contributed by atoms with E-state index in [0.717, 1.165) is 5.56 Å². The highest BCUT2D eigenvalue weighted by Gasteiger charge is 2.13. The van der Waals surface area contributed by atoms with Crippen molar-refractivity contribution in [1.82, 2.24) is 5.43 Å². The van der Waals surface area contributed by atoms with E-state index in [0.29, 0.717) is 32.5 Å². The van der Waals surface area contributed by atoms with E-state index in [4.69, 9.17) is 21.1 Å². The number of methoxy groups -OCH3 is 1. The van der Waals surface area contributed by atoms with Gasteiger partial charge in [-0.2, -0.15) is 5.10 Å². The predicted octanol–water partition coefficient (Wildman–Crippen LogP) is 4.70. The minimum atomic E-state index is -0.457. The summed E-state index contributed by atoms with van der Waals surface area (Å²) in [6, 6.07) is 13.5. The molecule has 3 rings (SSSR count). The fraction of sp³-hybridized carbons (Fsp3) is 0.0952. The van der Waals surface area contributed by atoms with E-state index in [1.165, 1.54) is 24.7 Å². The summed E-state index contributed by atoms with van der Waals surface area (Å²) in [5, 5.41) is 6.10.